The fourth-order valence-corrected chi connectivity index (χ4v) is 1.46. The number of aryl methyl sites for hydroxylation is 1. The molecule has 0 unspecified atom stereocenters. The van der Waals surface area contributed by atoms with Crippen molar-refractivity contribution < 1.29 is 0 Å². The van der Waals surface area contributed by atoms with Gasteiger partial charge in [-0.15, -0.1) is 6.58 Å². The van der Waals surface area contributed by atoms with Gasteiger partial charge in [-0.05, 0) is 25.5 Å². The topological polar surface area (TPSA) is 42.1 Å². The van der Waals surface area contributed by atoms with Crippen LogP contribution in [0.1, 0.15) is 19.0 Å². The summed E-state index contributed by atoms with van der Waals surface area (Å²) in [5.41, 5.74) is 7.37. The van der Waals surface area contributed by atoms with Crippen LogP contribution in [-0.4, -0.2) is 18.1 Å². The van der Waals surface area contributed by atoms with Gasteiger partial charge in [-0.25, -0.2) is 4.98 Å². The van der Waals surface area contributed by atoms with Crippen LogP contribution in [0.15, 0.2) is 24.8 Å². The number of rotatable bonds is 5. The second-order valence-corrected chi connectivity index (χ2v) is 3.58. The first kappa shape index (κ1) is 11.6. The van der Waals surface area contributed by atoms with Gasteiger partial charge in [0.1, 0.15) is 5.82 Å². The normalized spacial score (nSPS) is 10.0. The molecule has 0 spiro atoms. The van der Waals surface area contributed by atoms with Gasteiger partial charge in [0.2, 0.25) is 0 Å². The van der Waals surface area contributed by atoms with Crippen LogP contribution >= 0.6 is 0 Å². The fraction of sp³-hybridized carbons (Fsp3) is 0.417. The number of anilines is 2. The molecule has 0 bridgehead atoms. The zero-order valence-electron chi connectivity index (χ0n) is 9.53. The standard InChI is InChI=1S/C12H19N3/c1-4-8-15(9-5-2)12-7-6-11(13)10(3)14-12/h4,6-7H,1,5,8-9,13H2,2-3H3. The summed E-state index contributed by atoms with van der Waals surface area (Å²) in [6, 6.07) is 3.87. The lowest BCUT2D eigenvalue weighted by Gasteiger charge is -2.22. The van der Waals surface area contributed by atoms with Crippen LogP contribution in [0.25, 0.3) is 0 Å². The first-order valence-electron chi connectivity index (χ1n) is 5.28. The van der Waals surface area contributed by atoms with Gasteiger partial charge in [0.25, 0.3) is 0 Å². The Hall–Kier alpha value is -1.51. The molecule has 1 aromatic rings. The Morgan fingerprint density at radius 1 is 1.53 bits per heavy atom. The number of nitrogens with zero attached hydrogens (tertiary/aromatic N) is 2. The van der Waals surface area contributed by atoms with Crippen LogP contribution in [0.5, 0.6) is 0 Å². The Balaban J connectivity index is 2.89. The van der Waals surface area contributed by atoms with Crippen molar-refractivity contribution in [1.82, 2.24) is 4.98 Å². The summed E-state index contributed by atoms with van der Waals surface area (Å²) < 4.78 is 0. The van der Waals surface area contributed by atoms with Gasteiger partial charge in [0, 0.05) is 13.1 Å². The third kappa shape index (κ3) is 2.98. The van der Waals surface area contributed by atoms with E-state index in [9.17, 15) is 0 Å². The molecule has 0 atom stereocenters. The van der Waals surface area contributed by atoms with E-state index in [-0.39, 0.29) is 0 Å². The van der Waals surface area contributed by atoms with Crippen LogP contribution in [-0.2, 0) is 0 Å². The molecule has 1 rings (SSSR count). The lowest BCUT2D eigenvalue weighted by molar-refractivity contribution is 0.800. The van der Waals surface area contributed by atoms with Crippen LogP contribution in [0.2, 0.25) is 0 Å². The molecule has 1 heterocycles. The number of pyridine rings is 1. The van der Waals surface area contributed by atoms with Gasteiger partial charge in [0.15, 0.2) is 0 Å². The van der Waals surface area contributed by atoms with Crippen LogP contribution in [0.3, 0.4) is 0 Å². The molecule has 82 valence electrons. The Morgan fingerprint density at radius 2 is 2.27 bits per heavy atom. The maximum absolute atomic E-state index is 5.74. The molecule has 0 aliphatic heterocycles. The predicted molar refractivity (Wildman–Crippen MR) is 66.1 cm³/mol. The van der Waals surface area contributed by atoms with Gasteiger partial charge in [-0.3, -0.25) is 0 Å². The highest BCUT2D eigenvalue weighted by atomic mass is 15.2. The van der Waals surface area contributed by atoms with Crippen LogP contribution in [0.4, 0.5) is 11.5 Å². The molecule has 15 heavy (non-hydrogen) atoms. The van der Waals surface area contributed by atoms with Crippen molar-refractivity contribution in [2.45, 2.75) is 20.3 Å². The molecule has 0 aromatic carbocycles. The Morgan fingerprint density at radius 3 is 2.80 bits per heavy atom. The molecule has 3 nitrogen and oxygen atoms in total. The molecule has 3 heteroatoms. The summed E-state index contributed by atoms with van der Waals surface area (Å²) in [5, 5.41) is 0. The van der Waals surface area contributed by atoms with E-state index in [1.807, 2.05) is 25.1 Å². The second kappa shape index (κ2) is 5.39. The monoisotopic (exact) mass is 205 g/mol. The van der Waals surface area contributed by atoms with Crippen LogP contribution < -0.4 is 10.6 Å². The molecule has 0 radical (unpaired) electrons. The average molecular weight is 205 g/mol. The van der Waals surface area contributed by atoms with Crippen LogP contribution in [0, 0.1) is 6.92 Å². The highest BCUT2D eigenvalue weighted by Crippen LogP contribution is 2.16. The lowest BCUT2D eigenvalue weighted by atomic mass is 10.3. The predicted octanol–water partition coefficient (Wildman–Crippen LogP) is 2.37. The van der Waals surface area contributed by atoms with E-state index in [1.165, 1.54) is 0 Å². The van der Waals surface area contributed by atoms with Crippen molar-refractivity contribution in [3.63, 3.8) is 0 Å². The smallest absolute Gasteiger partial charge is 0.129 e. The Labute approximate surface area is 91.6 Å². The summed E-state index contributed by atoms with van der Waals surface area (Å²) >= 11 is 0. The minimum atomic E-state index is 0.744. The fourth-order valence-electron chi connectivity index (χ4n) is 1.46. The van der Waals surface area contributed by atoms with Gasteiger partial charge in [-0.1, -0.05) is 13.0 Å². The average Bonchev–Trinajstić information content (AvgIpc) is 2.22. The molecule has 0 aliphatic carbocycles. The van der Waals surface area contributed by atoms with Crippen molar-refractivity contribution >= 4 is 11.5 Å². The number of aromatic nitrogens is 1. The van der Waals surface area contributed by atoms with E-state index in [4.69, 9.17) is 5.73 Å². The third-order valence-electron chi connectivity index (χ3n) is 2.28. The maximum Gasteiger partial charge on any atom is 0.129 e. The minimum Gasteiger partial charge on any atom is -0.397 e. The van der Waals surface area contributed by atoms with Gasteiger partial charge >= 0.3 is 0 Å². The second-order valence-electron chi connectivity index (χ2n) is 3.58. The summed E-state index contributed by atoms with van der Waals surface area (Å²) in [6.07, 6.45) is 2.99. The number of nitrogens with two attached hydrogens (primary N) is 1. The number of hydrogen-bond donors (Lipinski definition) is 1. The summed E-state index contributed by atoms with van der Waals surface area (Å²) in [7, 11) is 0. The summed E-state index contributed by atoms with van der Waals surface area (Å²) in [6.45, 7) is 9.65. The first-order valence-corrected chi connectivity index (χ1v) is 5.28. The zero-order chi connectivity index (χ0) is 11.3. The minimum absolute atomic E-state index is 0.744. The van der Waals surface area contributed by atoms with Gasteiger partial charge < -0.3 is 10.6 Å². The largest absolute Gasteiger partial charge is 0.397 e. The van der Waals surface area contributed by atoms with Crippen molar-refractivity contribution in [2.24, 2.45) is 0 Å². The molecule has 0 amide bonds. The lowest BCUT2D eigenvalue weighted by Crippen LogP contribution is -2.25. The molecule has 1 aromatic heterocycles. The van der Waals surface area contributed by atoms with E-state index >= 15 is 0 Å². The zero-order valence-corrected chi connectivity index (χ0v) is 9.53. The van der Waals surface area contributed by atoms with Gasteiger partial charge in [-0.2, -0.15) is 0 Å². The van der Waals surface area contributed by atoms with Crippen molar-refractivity contribution in [2.75, 3.05) is 23.7 Å². The first-order chi connectivity index (χ1) is 7.19. The number of hydrogen-bond acceptors (Lipinski definition) is 3. The Kier molecular flexibility index (Phi) is 4.16. The van der Waals surface area contributed by atoms with Gasteiger partial charge in [0.05, 0.1) is 11.4 Å². The number of nitrogen functional groups attached to an aromatic ring is 1. The Bertz CT molecular complexity index is 334. The quantitative estimate of drug-likeness (QED) is 0.750. The molecule has 0 aliphatic rings. The van der Waals surface area contributed by atoms with E-state index in [1.54, 1.807) is 0 Å². The van der Waals surface area contributed by atoms with E-state index in [0.717, 1.165) is 36.7 Å². The molecule has 0 saturated carbocycles. The summed E-state index contributed by atoms with van der Waals surface area (Å²) in [5.74, 6) is 0.975. The highest BCUT2D eigenvalue weighted by Gasteiger charge is 2.06. The molecule has 0 fully saturated rings. The molecule has 2 N–H and O–H groups in total. The highest BCUT2D eigenvalue weighted by molar-refractivity contribution is 5.50. The van der Waals surface area contributed by atoms with E-state index in [0.29, 0.717) is 0 Å². The third-order valence-corrected chi connectivity index (χ3v) is 2.28. The van der Waals surface area contributed by atoms with E-state index in [2.05, 4.69) is 23.4 Å². The van der Waals surface area contributed by atoms with Crippen molar-refractivity contribution in [1.29, 1.82) is 0 Å². The SMILES string of the molecule is C=CCN(CCC)c1ccc(N)c(C)n1. The molecule has 0 saturated heterocycles. The molecular weight excluding hydrogens is 186 g/mol. The van der Waals surface area contributed by atoms with E-state index < -0.39 is 0 Å². The summed E-state index contributed by atoms with van der Waals surface area (Å²) in [4.78, 5) is 6.66. The van der Waals surface area contributed by atoms with Crippen molar-refractivity contribution in [3.8, 4) is 0 Å². The van der Waals surface area contributed by atoms with Crippen molar-refractivity contribution in [3.05, 3.63) is 30.5 Å². The maximum atomic E-state index is 5.74. The molecular formula is C12H19N3.